The van der Waals surface area contributed by atoms with Gasteiger partial charge in [0.2, 0.25) is 0 Å². The Hall–Kier alpha value is -3.30. The summed E-state index contributed by atoms with van der Waals surface area (Å²) in [7, 11) is 0. The number of nitrogens with zero attached hydrogens (tertiary/aromatic N) is 2. The number of carbonyl (C=O) groups is 1. The van der Waals surface area contributed by atoms with Gasteiger partial charge in [0.25, 0.3) is 0 Å². The highest BCUT2D eigenvalue weighted by Crippen LogP contribution is 2.35. The third-order valence-corrected chi connectivity index (χ3v) is 5.32. The number of hydrogen-bond acceptors (Lipinski definition) is 7. The van der Waals surface area contributed by atoms with Gasteiger partial charge in [-0.25, -0.2) is 4.79 Å². The third kappa shape index (κ3) is 5.00. The molecule has 0 aromatic carbocycles. The van der Waals surface area contributed by atoms with Crippen LogP contribution in [0.1, 0.15) is 21.8 Å². The van der Waals surface area contributed by atoms with E-state index in [1.54, 1.807) is 17.5 Å². The van der Waals surface area contributed by atoms with Gasteiger partial charge in [0, 0.05) is 17.6 Å². The Bertz CT molecular complexity index is 1050. The molecule has 12 heteroatoms. The van der Waals surface area contributed by atoms with Crippen molar-refractivity contribution in [1.29, 1.82) is 5.26 Å². The minimum absolute atomic E-state index is 0.551. The van der Waals surface area contributed by atoms with Crippen LogP contribution in [0.3, 0.4) is 0 Å². The van der Waals surface area contributed by atoms with Gasteiger partial charge in [-0.15, -0.1) is 11.3 Å². The van der Waals surface area contributed by atoms with Gasteiger partial charge in [-0.1, -0.05) is 0 Å². The fraction of sp³-hybridized carbons (Fsp3) is 0.278. The molecule has 0 radical (unpaired) electrons. The van der Waals surface area contributed by atoms with E-state index in [-0.39, 0.29) is 0 Å². The predicted molar refractivity (Wildman–Crippen MR) is 102 cm³/mol. The monoisotopic (exact) mass is 439 g/mol. The number of fused-ring (bicyclic) bond motifs is 1. The van der Waals surface area contributed by atoms with Crippen molar-refractivity contribution in [2.45, 2.75) is 25.7 Å². The lowest BCUT2D eigenvalue weighted by Crippen LogP contribution is -2.22. The molecule has 4 heterocycles. The molecule has 0 bridgehead atoms. The molecule has 1 aliphatic heterocycles. The smallest absolute Gasteiger partial charge is 0.475 e. The summed E-state index contributed by atoms with van der Waals surface area (Å²) in [5.41, 5.74) is 2.83. The van der Waals surface area contributed by atoms with Gasteiger partial charge in [0.1, 0.15) is 22.5 Å². The van der Waals surface area contributed by atoms with Crippen molar-refractivity contribution < 1.29 is 27.5 Å². The summed E-state index contributed by atoms with van der Waals surface area (Å²) < 4.78 is 37.5. The fourth-order valence-electron chi connectivity index (χ4n) is 2.76. The minimum atomic E-state index is -5.08. The second-order valence-corrected chi connectivity index (χ2v) is 7.24. The number of nitrogens with one attached hydrogen (secondary N) is 3. The van der Waals surface area contributed by atoms with Gasteiger partial charge in [-0.3, -0.25) is 5.10 Å². The zero-order valence-electron chi connectivity index (χ0n) is 15.3. The number of halogens is 3. The quantitative estimate of drug-likeness (QED) is 0.490. The number of aromatic nitrogens is 2. The minimum Gasteiger partial charge on any atom is -0.475 e. The molecule has 0 amide bonds. The van der Waals surface area contributed by atoms with Gasteiger partial charge in [-0.05, 0) is 36.7 Å². The second kappa shape index (κ2) is 9.02. The Morgan fingerprint density at radius 1 is 1.40 bits per heavy atom. The Morgan fingerprint density at radius 2 is 2.17 bits per heavy atom. The number of H-pyrrole nitrogens is 1. The lowest BCUT2D eigenvalue weighted by Gasteiger charge is -2.11. The van der Waals surface area contributed by atoms with Crippen LogP contribution < -0.4 is 10.6 Å². The average Bonchev–Trinajstić information content (AvgIpc) is 3.44. The first-order valence-electron chi connectivity index (χ1n) is 8.67. The van der Waals surface area contributed by atoms with Gasteiger partial charge < -0.3 is 20.2 Å². The van der Waals surface area contributed by atoms with E-state index in [0.717, 1.165) is 47.3 Å². The first-order chi connectivity index (χ1) is 14.3. The molecular formula is C18H16F3N5O3S. The van der Waals surface area contributed by atoms with Crippen LogP contribution in [0.25, 0.3) is 11.5 Å². The van der Waals surface area contributed by atoms with E-state index in [4.69, 9.17) is 14.3 Å². The summed E-state index contributed by atoms with van der Waals surface area (Å²) in [6, 6.07) is 8.06. The number of alkyl halides is 3. The van der Waals surface area contributed by atoms with E-state index >= 15 is 0 Å². The molecule has 0 atom stereocenters. The number of aliphatic carboxylic acids is 1. The number of furan rings is 1. The summed E-state index contributed by atoms with van der Waals surface area (Å²) in [5.74, 6) is -1.18. The number of rotatable bonds is 4. The molecule has 3 aromatic rings. The van der Waals surface area contributed by atoms with Crippen molar-refractivity contribution in [2.75, 3.05) is 11.9 Å². The van der Waals surface area contributed by atoms with Gasteiger partial charge in [0.15, 0.2) is 5.76 Å². The molecule has 0 saturated carbocycles. The van der Waals surface area contributed by atoms with Crippen molar-refractivity contribution in [1.82, 2.24) is 15.5 Å². The molecule has 8 nitrogen and oxygen atoms in total. The Labute approximate surface area is 172 Å². The van der Waals surface area contributed by atoms with Crippen molar-refractivity contribution in [3.63, 3.8) is 0 Å². The maximum atomic E-state index is 10.6. The Kier molecular flexibility index (Phi) is 6.43. The number of carboxylic acids is 1. The molecule has 0 saturated heterocycles. The molecule has 0 fully saturated rings. The standard InChI is InChI=1S/C16H15N5OS.C2HF3O2/c17-7-12-11-3-5-18-9-15(11)23-16(12)19-8-10-1-2-14(22-10)13-4-6-20-21-13;3-2(4,5)1(6)7/h1-2,4,6,18-19H,3,5,8-9H2,(H,20,21);(H,6,7). The predicted octanol–water partition coefficient (Wildman–Crippen LogP) is 3.49. The van der Waals surface area contributed by atoms with E-state index in [0.29, 0.717) is 6.54 Å². The van der Waals surface area contributed by atoms with Crippen LogP contribution in [0.4, 0.5) is 18.2 Å². The fourth-order valence-corrected chi connectivity index (χ4v) is 3.92. The number of thiophene rings is 1. The van der Waals surface area contributed by atoms with Crippen LogP contribution in [0.5, 0.6) is 0 Å². The number of hydrogen-bond donors (Lipinski definition) is 4. The highest BCUT2D eigenvalue weighted by molar-refractivity contribution is 7.16. The van der Waals surface area contributed by atoms with E-state index < -0.39 is 12.1 Å². The SMILES string of the molecule is N#Cc1c(NCc2ccc(-c3ccn[nH]3)o2)sc2c1CCNC2.O=C(O)C(F)(F)F. The van der Waals surface area contributed by atoms with Crippen molar-refractivity contribution in [3.05, 3.63) is 46.2 Å². The van der Waals surface area contributed by atoms with E-state index in [2.05, 4.69) is 26.9 Å². The second-order valence-electron chi connectivity index (χ2n) is 6.14. The molecule has 4 N–H and O–H groups in total. The van der Waals surface area contributed by atoms with Crippen molar-refractivity contribution in [3.8, 4) is 17.5 Å². The normalized spacial score (nSPS) is 13.0. The van der Waals surface area contributed by atoms with Crippen LogP contribution in [0.2, 0.25) is 0 Å². The highest BCUT2D eigenvalue weighted by Gasteiger charge is 2.38. The number of carboxylic acid groups (broad SMARTS) is 1. The van der Waals surface area contributed by atoms with Gasteiger partial charge in [0.05, 0.1) is 12.1 Å². The summed E-state index contributed by atoms with van der Waals surface area (Å²) in [4.78, 5) is 10.2. The Balaban J connectivity index is 0.000000318. The van der Waals surface area contributed by atoms with Gasteiger partial charge >= 0.3 is 12.1 Å². The van der Waals surface area contributed by atoms with Crippen LogP contribution in [-0.4, -0.2) is 34.0 Å². The number of aromatic amines is 1. The summed E-state index contributed by atoms with van der Waals surface area (Å²) in [5, 5.41) is 31.0. The van der Waals surface area contributed by atoms with Crippen LogP contribution in [0, 0.1) is 11.3 Å². The lowest BCUT2D eigenvalue weighted by molar-refractivity contribution is -0.192. The maximum absolute atomic E-state index is 10.6. The first-order valence-corrected chi connectivity index (χ1v) is 9.49. The molecule has 30 heavy (non-hydrogen) atoms. The molecule has 0 unspecified atom stereocenters. The first kappa shape index (κ1) is 21.4. The zero-order valence-corrected chi connectivity index (χ0v) is 16.2. The number of nitriles is 1. The van der Waals surface area contributed by atoms with E-state index in [1.165, 1.54) is 10.4 Å². The average molecular weight is 439 g/mol. The molecule has 0 spiro atoms. The summed E-state index contributed by atoms with van der Waals surface area (Å²) in [6.07, 6.45) is -2.47. The molecular weight excluding hydrogens is 423 g/mol. The third-order valence-electron chi connectivity index (χ3n) is 4.13. The van der Waals surface area contributed by atoms with Crippen molar-refractivity contribution in [2.24, 2.45) is 0 Å². The largest absolute Gasteiger partial charge is 0.490 e. The zero-order chi connectivity index (χ0) is 21.7. The molecule has 3 aromatic heterocycles. The molecule has 0 aliphatic carbocycles. The molecule has 158 valence electrons. The topological polar surface area (TPSA) is 127 Å². The van der Waals surface area contributed by atoms with E-state index in [1.807, 2.05) is 18.2 Å². The molecule has 1 aliphatic rings. The van der Waals surface area contributed by atoms with E-state index in [9.17, 15) is 18.4 Å². The van der Waals surface area contributed by atoms with Crippen molar-refractivity contribution >= 4 is 22.3 Å². The maximum Gasteiger partial charge on any atom is 0.490 e. The van der Waals surface area contributed by atoms with Crippen LogP contribution >= 0.6 is 11.3 Å². The van der Waals surface area contributed by atoms with Gasteiger partial charge in [-0.2, -0.15) is 23.5 Å². The number of anilines is 1. The summed E-state index contributed by atoms with van der Waals surface area (Å²) >= 11 is 1.66. The highest BCUT2D eigenvalue weighted by atomic mass is 32.1. The van der Waals surface area contributed by atoms with Crippen LogP contribution in [-0.2, 0) is 24.3 Å². The summed E-state index contributed by atoms with van der Waals surface area (Å²) in [6.45, 7) is 2.33. The molecule has 4 rings (SSSR count). The lowest BCUT2D eigenvalue weighted by atomic mass is 10.1. The van der Waals surface area contributed by atoms with Crippen LogP contribution in [0.15, 0.2) is 28.8 Å². The Morgan fingerprint density at radius 3 is 2.80 bits per heavy atom.